The highest BCUT2D eigenvalue weighted by Gasteiger charge is 2.13. The van der Waals surface area contributed by atoms with Gasteiger partial charge < -0.3 is 9.72 Å². The summed E-state index contributed by atoms with van der Waals surface area (Å²) in [6, 6.07) is 7.61. The lowest BCUT2D eigenvalue weighted by atomic mass is 10.1. The van der Waals surface area contributed by atoms with E-state index in [0.717, 1.165) is 30.0 Å². The van der Waals surface area contributed by atoms with Crippen molar-refractivity contribution in [2.24, 2.45) is 0 Å². The number of hydrogen-bond donors (Lipinski definition) is 1. The predicted molar refractivity (Wildman–Crippen MR) is 75.6 cm³/mol. The second-order valence-corrected chi connectivity index (χ2v) is 4.44. The summed E-state index contributed by atoms with van der Waals surface area (Å²) in [5.74, 6) is 1.45. The molecule has 0 unspecified atom stereocenters. The summed E-state index contributed by atoms with van der Waals surface area (Å²) >= 11 is 0. The van der Waals surface area contributed by atoms with E-state index in [1.165, 1.54) is 0 Å². The lowest BCUT2D eigenvalue weighted by molar-refractivity contribution is 0.416. The van der Waals surface area contributed by atoms with Crippen LogP contribution in [0, 0.1) is 6.92 Å². The van der Waals surface area contributed by atoms with E-state index in [2.05, 4.69) is 16.9 Å². The summed E-state index contributed by atoms with van der Waals surface area (Å²) < 4.78 is 5.34. The van der Waals surface area contributed by atoms with Crippen LogP contribution in [0.2, 0.25) is 0 Å². The first-order chi connectivity index (χ1) is 9.17. The number of aromatic nitrogens is 2. The van der Waals surface area contributed by atoms with Gasteiger partial charge in [-0.3, -0.25) is 4.79 Å². The minimum absolute atomic E-state index is 0.0839. The van der Waals surface area contributed by atoms with E-state index >= 15 is 0 Å². The number of para-hydroxylation sites is 1. The second-order valence-electron chi connectivity index (χ2n) is 4.44. The molecule has 19 heavy (non-hydrogen) atoms. The number of H-pyrrole nitrogens is 1. The first-order valence-corrected chi connectivity index (χ1v) is 6.40. The minimum atomic E-state index is -0.0839. The van der Waals surface area contributed by atoms with Gasteiger partial charge >= 0.3 is 0 Å². The van der Waals surface area contributed by atoms with Crippen LogP contribution in [-0.2, 0) is 6.42 Å². The number of rotatable bonds is 4. The summed E-state index contributed by atoms with van der Waals surface area (Å²) in [4.78, 5) is 19.4. The Bertz CT molecular complexity index is 632. The van der Waals surface area contributed by atoms with Crippen molar-refractivity contribution in [1.29, 1.82) is 0 Å². The van der Waals surface area contributed by atoms with E-state index in [1.807, 2.05) is 24.3 Å². The lowest BCUT2D eigenvalue weighted by Gasteiger charge is -2.11. The van der Waals surface area contributed by atoms with Gasteiger partial charge in [-0.25, -0.2) is 4.98 Å². The molecule has 0 fully saturated rings. The standard InChI is InChI=1S/C15H18N2O2/c1-4-7-13-16-14(10(2)15(18)17-13)11-8-5-6-9-12(11)19-3/h5-6,8-9H,4,7H2,1-3H3,(H,16,17,18). The van der Waals surface area contributed by atoms with Gasteiger partial charge in [0.2, 0.25) is 0 Å². The van der Waals surface area contributed by atoms with E-state index in [0.29, 0.717) is 11.3 Å². The van der Waals surface area contributed by atoms with Gasteiger partial charge in [0.05, 0.1) is 12.8 Å². The Labute approximate surface area is 112 Å². The van der Waals surface area contributed by atoms with Gasteiger partial charge in [-0.2, -0.15) is 0 Å². The monoisotopic (exact) mass is 258 g/mol. The highest BCUT2D eigenvalue weighted by molar-refractivity contribution is 5.69. The molecule has 0 saturated heterocycles. The number of nitrogens with zero attached hydrogens (tertiary/aromatic N) is 1. The molecular formula is C15H18N2O2. The van der Waals surface area contributed by atoms with Gasteiger partial charge in [-0.05, 0) is 25.5 Å². The van der Waals surface area contributed by atoms with E-state index in [-0.39, 0.29) is 5.56 Å². The van der Waals surface area contributed by atoms with Crippen LogP contribution in [0.15, 0.2) is 29.1 Å². The highest BCUT2D eigenvalue weighted by Crippen LogP contribution is 2.29. The molecule has 0 spiro atoms. The van der Waals surface area contributed by atoms with Crippen LogP contribution in [0.1, 0.15) is 24.7 Å². The quantitative estimate of drug-likeness (QED) is 0.917. The third kappa shape index (κ3) is 2.67. The van der Waals surface area contributed by atoms with Crippen LogP contribution in [0.5, 0.6) is 5.75 Å². The Morgan fingerprint density at radius 3 is 2.74 bits per heavy atom. The van der Waals surface area contributed by atoms with Crippen LogP contribution in [0.4, 0.5) is 0 Å². The molecule has 1 aromatic carbocycles. The van der Waals surface area contributed by atoms with Crippen molar-refractivity contribution in [2.45, 2.75) is 26.7 Å². The number of aromatic amines is 1. The maximum Gasteiger partial charge on any atom is 0.254 e. The number of methoxy groups -OCH3 is 1. The first kappa shape index (κ1) is 13.3. The highest BCUT2D eigenvalue weighted by atomic mass is 16.5. The Hall–Kier alpha value is -2.10. The van der Waals surface area contributed by atoms with Gasteiger partial charge in [-0.15, -0.1) is 0 Å². The smallest absolute Gasteiger partial charge is 0.254 e. The van der Waals surface area contributed by atoms with Crippen molar-refractivity contribution in [1.82, 2.24) is 9.97 Å². The Kier molecular flexibility index (Phi) is 4.00. The van der Waals surface area contributed by atoms with E-state index in [9.17, 15) is 4.79 Å². The number of nitrogens with one attached hydrogen (secondary N) is 1. The number of benzene rings is 1. The summed E-state index contributed by atoms with van der Waals surface area (Å²) in [6.07, 6.45) is 1.70. The normalized spacial score (nSPS) is 10.5. The van der Waals surface area contributed by atoms with Gasteiger partial charge in [0.15, 0.2) is 0 Å². The largest absolute Gasteiger partial charge is 0.496 e. The predicted octanol–water partition coefficient (Wildman–Crippen LogP) is 2.71. The molecule has 4 nitrogen and oxygen atoms in total. The summed E-state index contributed by atoms with van der Waals surface area (Å²) in [5, 5.41) is 0. The fourth-order valence-electron chi connectivity index (χ4n) is 2.04. The van der Waals surface area contributed by atoms with E-state index in [1.54, 1.807) is 14.0 Å². The maximum absolute atomic E-state index is 12.0. The van der Waals surface area contributed by atoms with Crippen molar-refractivity contribution < 1.29 is 4.74 Å². The Balaban J connectivity index is 2.63. The molecule has 1 aromatic heterocycles. The Morgan fingerprint density at radius 1 is 1.32 bits per heavy atom. The van der Waals surface area contributed by atoms with Crippen LogP contribution >= 0.6 is 0 Å². The lowest BCUT2D eigenvalue weighted by Crippen LogP contribution is -2.16. The summed E-state index contributed by atoms with van der Waals surface area (Å²) in [7, 11) is 1.62. The molecule has 1 N–H and O–H groups in total. The van der Waals surface area contributed by atoms with Gasteiger partial charge in [0.25, 0.3) is 5.56 Å². The fourth-order valence-corrected chi connectivity index (χ4v) is 2.04. The first-order valence-electron chi connectivity index (χ1n) is 6.40. The molecule has 0 aliphatic carbocycles. The van der Waals surface area contributed by atoms with E-state index in [4.69, 9.17) is 4.74 Å². The average Bonchev–Trinajstić information content (AvgIpc) is 2.43. The topological polar surface area (TPSA) is 55.0 Å². The molecule has 0 saturated carbocycles. The van der Waals surface area contributed by atoms with Crippen LogP contribution in [0.25, 0.3) is 11.3 Å². The average molecular weight is 258 g/mol. The molecule has 1 heterocycles. The van der Waals surface area contributed by atoms with Crippen LogP contribution < -0.4 is 10.3 Å². The maximum atomic E-state index is 12.0. The molecule has 0 bridgehead atoms. The zero-order valence-corrected chi connectivity index (χ0v) is 11.5. The summed E-state index contributed by atoms with van der Waals surface area (Å²) in [6.45, 7) is 3.84. The minimum Gasteiger partial charge on any atom is -0.496 e. The molecule has 2 rings (SSSR count). The molecule has 4 heteroatoms. The number of ether oxygens (including phenoxy) is 1. The van der Waals surface area contributed by atoms with Crippen LogP contribution in [0.3, 0.4) is 0 Å². The second kappa shape index (κ2) is 5.69. The molecule has 2 aromatic rings. The Morgan fingerprint density at radius 2 is 2.05 bits per heavy atom. The van der Waals surface area contributed by atoms with Crippen LogP contribution in [-0.4, -0.2) is 17.1 Å². The molecular weight excluding hydrogens is 240 g/mol. The van der Waals surface area contributed by atoms with Crippen molar-refractivity contribution in [2.75, 3.05) is 7.11 Å². The molecule has 0 amide bonds. The molecule has 0 radical (unpaired) electrons. The summed E-state index contributed by atoms with van der Waals surface area (Å²) in [5.41, 5.74) is 2.08. The molecule has 0 aliphatic rings. The van der Waals surface area contributed by atoms with Gasteiger partial charge in [0, 0.05) is 17.5 Å². The zero-order valence-electron chi connectivity index (χ0n) is 11.5. The number of hydrogen-bond acceptors (Lipinski definition) is 3. The molecule has 0 atom stereocenters. The SMILES string of the molecule is CCCc1nc(-c2ccccc2OC)c(C)c(=O)[nH]1. The zero-order chi connectivity index (χ0) is 13.8. The van der Waals surface area contributed by atoms with Crippen molar-refractivity contribution in [3.63, 3.8) is 0 Å². The fraction of sp³-hybridized carbons (Fsp3) is 0.333. The van der Waals surface area contributed by atoms with Gasteiger partial charge in [0.1, 0.15) is 11.6 Å². The van der Waals surface area contributed by atoms with Gasteiger partial charge in [-0.1, -0.05) is 19.1 Å². The van der Waals surface area contributed by atoms with Crippen molar-refractivity contribution >= 4 is 0 Å². The van der Waals surface area contributed by atoms with Crippen molar-refractivity contribution in [3.8, 4) is 17.0 Å². The third-order valence-corrected chi connectivity index (χ3v) is 3.05. The molecule has 100 valence electrons. The van der Waals surface area contributed by atoms with E-state index < -0.39 is 0 Å². The number of aryl methyl sites for hydroxylation is 1. The third-order valence-electron chi connectivity index (χ3n) is 3.05. The van der Waals surface area contributed by atoms with Crippen molar-refractivity contribution in [3.05, 3.63) is 46.0 Å². The molecule has 0 aliphatic heterocycles.